The highest BCUT2D eigenvalue weighted by Gasteiger charge is 2.33. The van der Waals surface area contributed by atoms with Crippen molar-refractivity contribution in [3.05, 3.63) is 53.9 Å². The first-order valence-electron chi connectivity index (χ1n) is 6.78. The second kappa shape index (κ2) is 5.18. The van der Waals surface area contributed by atoms with Crippen molar-refractivity contribution in [1.29, 1.82) is 0 Å². The number of rotatable bonds is 3. The fourth-order valence-corrected chi connectivity index (χ4v) is 2.55. The van der Waals surface area contributed by atoms with Gasteiger partial charge >= 0.3 is 0 Å². The molecule has 0 saturated heterocycles. The highest BCUT2D eigenvalue weighted by Crippen LogP contribution is 2.37. The molecule has 1 amide bonds. The second-order valence-electron chi connectivity index (χ2n) is 5.22. The van der Waals surface area contributed by atoms with Gasteiger partial charge in [0.25, 0.3) is 5.91 Å². The maximum absolute atomic E-state index is 11.8. The highest BCUT2D eigenvalue weighted by atomic mass is 16.3. The van der Waals surface area contributed by atoms with Crippen LogP contribution >= 0.6 is 0 Å². The molecule has 108 valence electrons. The molecule has 0 spiro atoms. The van der Waals surface area contributed by atoms with E-state index in [4.69, 9.17) is 0 Å². The summed E-state index contributed by atoms with van der Waals surface area (Å²) in [4.78, 5) is 19.7. The van der Waals surface area contributed by atoms with Crippen LogP contribution in [0, 0.1) is 0 Å². The smallest absolute Gasteiger partial charge is 0.260 e. The van der Waals surface area contributed by atoms with Gasteiger partial charge in [-0.25, -0.2) is 0 Å². The lowest BCUT2D eigenvalue weighted by Gasteiger charge is -2.20. The quantitative estimate of drug-likeness (QED) is 0.932. The van der Waals surface area contributed by atoms with Crippen molar-refractivity contribution in [3.8, 4) is 0 Å². The summed E-state index contributed by atoms with van der Waals surface area (Å²) >= 11 is 0. The first-order chi connectivity index (χ1) is 10.1. The zero-order valence-corrected chi connectivity index (χ0v) is 12.0. The summed E-state index contributed by atoms with van der Waals surface area (Å²) in [6.45, 7) is 0.680. The molecule has 0 saturated carbocycles. The molecule has 5 heteroatoms. The van der Waals surface area contributed by atoms with Crippen LogP contribution < -0.4 is 9.80 Å². The van der Waals surface area contributed by atoms with Crippen molar-refractivity contribution >= 4 is 17.3 Å². The Morgan fingerprint density at radius 1 is 1.33 bits per heavy atom. The number of aromatic nitrogens is 1. The Hall–Kier alpha value is -2.40. The van der Waals surface area contributed by atoms with Gasteiger partial charge in [-0.3, -0.25) is 9.78 Å². The Morgan fingerprint density at radius 3 is 2.86 bits per heavy atom. The zero-order chi connectivity index (χ0) is 15.0. The normalized spacial score (nSPS) is 17.0. The van der Waals surface area contributed by atoms with Gasteiger partial charge in [-0.1, -0.05) is 12.1 Å². The van der Waals surface area contributed by atoms with E-state index < -0.39 is 6.10 Å². The topological polar surface area (TPSA) is 56.7 Å². The molecule has 2 aromatic rings. The molecule has 1 N–H and O–H groups in total. The van der Waals surface area contributed by atoms with Gasteiger partial charge in [0, 0.05) is 31.5 Å². The maximum Gasteiger partial charge on any atom is 0.260 e. The standard InChI is InChI=1S/C16H17N3O2/c1-18(10-11-5-3-4-8-17-11)12-6-7-13-14(9-12)19(2)16(21)15(13)20/h3-9,15,20H,10H2,1-2H3. The summed E-state index contributed by atoms with van der Waals surface area (Å²) in [6.07, 6.45) is 0.731. The van der Waals surface area contributed by atoms with E-state index in [0.29, 0.717) is 12.1 Å². The van der Waals surface area contributed by atoms with Crippen molar-refractivity contribution in [2.24, 2.45) is 0 Å². The van der Waals surface area contributed by atoms with E-state index >= 15 is 0 Å². The monoisotopic (exact) mass is 283 g/mol. The lowest BCUT2D eigenvalue weighted by atomic mass is 10.1. The van der Waals surface area contributed by atoms with Crippen molar-refractivity contribution < 1.29 is 9.90 Å². The molecule has 0 bridgehead atoms. The van der Waals surface area contributed by atoms with E-state index in [-0.39, 0.29) is 5.91 Å². The van der Waals surface area contributed by atoms with Crippen LogP contribution in [0.5, 0.6) is 0 Å². The third-order valence-corrected chi connectivity index (χ3v) is 3.80. The van der Waals surface area contributed by atoms with Crippen LogP contribution in [0.4, 0.5) is 11.4 Å². The Labute approximate surface area is 123 Å². The number of carbonyl (C=O) groups excluding carboxylic acids is 1. The van der Waals surface area contributed by atoms with Gasteiger partial charge in [-0.15, -0.1) is 0 Å². The SMILES string of the molecule is CN(Cc1ccccn1)c1ccc2c(c1)N(C)C(=O)C2O. The van der Waals surface area contributed by atoms with Crippen LogP contribution in [-0.2, 0) is 11.3 Å². The van der Waals surface area contributed by atoms with Crippen molar-refractivity contribution in [1.82, 2.24) is 4.98 Å². The molecule has 1 aromatic heterocycles. The van der Waals surface area contributed by atoms with E-state index in [0.717, 1.165) is 17.1 Å². The summed E-state index contributed by atoms with van der Waals surface area (Å²) in [5, 5.41) is 9.87. The number of aliphatic hydroxyl groups is 1. The summed E-state index contributed by atoms with van der Waals surface area (Å²) in [5.41, 5.74) is 3.38. The average Bonchev–Trinajstić information content (AvgIpc) is 2.73. The molecule has 2 heterocycles. The third-order valence-electron chi connectivity index (χ3n) is 3.80. The minimum absolute atomic E-state index is 0.283. The highest BCUT2D eigenvalue weighted by molar-refractivity contribution is 6.03. The van der Waals surface area contributed by atoms with Crippen molar-refractivity contribution in [2.75, 3.05) is 23.9 Å². The van der Waals surface area contributed by atoms with Gasteiger partial charge in [0.2, 0.25) is 0 Å². The molecule has 1 aliphatic heterocycles. The first kappa shape index (κ1) is 13.6. The number of hydrogen-bond donors (Lipinski definition) is 1. The van der Waals surface area contributed by atoms with E-state index in [1.807, 2.05) is 43.4 Å². The van der Waals surface area contributed by atoms with Crippen molar-refractivity contribution in [2.45, 2.75) is 12.6 Å². The number of carbonyl (C=O) groups is 1. The van der Waals surface area contributed by atoms with Crippen molar-refractivity contribution in [3.63, 3.8) is 0 Å². The van der Waals surface area contributed by atoms with Gasteiger partial charge in [-0.05, 0) is 24.3 Å². The molecule has 1 atom stereocenters. The predicted octanol–water partition coefficient (Wildman–Crippen LogP) is 1.73. The molecule has 3 rings (SSSR count). The Kier molecular flexibility index (Phi) is 3.35. The molecule has 1 aliphatic rings. The van der Waals surface area contributed by atoms with Gasteiger partial charge in [0.1, 0.15) is 0 Å². The van der Waals surface area contributed by atoms with Crippen LogP contribution in [0.3, 0.4) is 0 Å². The summed E-state index contributed by atoms with van der Waals surface area (Å²) < 4.78 is 0. The Morgan fingerprint density at radius 2 is 2.14 bits per heavy atom. The van der Waals surface area contributed by atoms with E-state index in [2.05, 4.69) is 9.88 Å². The predicted molar refractivity (Wildman–Crippen MR) is 81.2 cm³/mol. The number of nitrogens with zero attached hydrogens (tertiary/aromatic N) is 3. The molecule has 0 aliphatic carbocycles. The summed E-state index contributed by atoms with van der Waals surface area (Å²) in [5.74, 6) is -0.283. The molecular formula is C16H17N3O2. The maximum atomic E-state index is 11.8. The van der Waals surface area contributed by atoms with Crippen LogP contribution in [0.15, 0.2) is 42.6 Å². The third kappa shape index (κ3) is 2.36. The van der Waals surface area contributed by atoms with Crippen LogP contribution in [0.25, 0.3) is 0 Å². The zero-order valence-electron chi connectivity index (χ0n) is 12.0. The molecule has 1 unspecified atom stereocenters. The van der Waals surface area contributed by atoms with Crippen LogP contribution in [-0.4, -0.2) is 30.1 Å². The number of hydrogen-bond acceptors (Lipinski definition) is 4. The van der Waals surface area contributed by atoms with Crippen LogP contribution in [0.1, 0.15) is 17.4 Å². The number of pyridine rings is 1. The first-order valence-corrected chi connectivity index (χ1v) is 6.78. The second-order valence-corrected chi connectivity index (χ2v) is 5.22. The molecule has 5 nitrogen and oxygen atoms in total. The van der Waals surface area contributed by atoms with E-state index in [1.54, 1.807) is 13.2 Å². The fourth-order valence-electron chi connectivity index (χ4n) is 2.55. The summed E-state index contributed by atoms with van der Waals surface area (Å²) in [7, 11) is 3.66. The molecule has 0 fully saturated rings. The molecule has 0 radical (unpaired) electrons. The lowest BCUT2D eigenvalue weighted by Crippen LogP contribution is -2.23. The van der Waals surface area contributed by atoms with Crippen LogP contribution in [0.2, 0.25) is 0 Å². The van der Waals surface area contributed by atoms with Gasteiger partial charge < -0.3 is 14.9 Å². The number of amides is 1. The lowest BCUT2D eigenvalue weighted by molar-refractivity contribution is -0.125. The average molecular weight is 283 g/mol. The fraction of sp³-hybridized carbons (Fsp3) is 0.250. The molecule has 21 heavy (non-hydrogen) atoms. The minimum atomic E-state index is -1.04. The van der Waals surface area contributed by atoms with E-state index in [9.17, 15) is 9.90 Å². The Balaban J connectivity index is 1.86. The summed E-state index contributed by atoms with van der Waals surface area (Å²) in [6, 6.07) is 11.5. The van der Waals surface area contributed by atoms with Gasteiger partial charge in [-0.2, -0.15) is 0 Å². The van der Waals surface area contributed by atoms with Gasteiger partial charge in [0.05, 0.1) is 17.9 Å². The minimum Gasteiger partial charge on any atom is -0.378 e. The Bertz CT molecular complexity index is 672. The number of benzene rings is 1. The number of anilines is 2. The van der Waals surface area contributed by atoms with E-state index in [1.165, 1.54) is 4.90 Å². The number of likely N-dealkylation sites (N-methyl/N-ethyl adjacent to an activating group) is 1. The molecular weight excluding hydrogens is 266 g/mol. The number of aliphatic hydroxyl groups excluding tert-OH is 1. The van der Waals surface area contributed by atoms with Gasteiger partial charge in [0.15, 0.2) is 6.10 Å². The molecule has 1 aromatic carbocycles. The largest absolute Gasteiger partial charge is 0.378 e. The number of fused-ring (bicyclic) bond motifs is 1.